The summed E-state index contributed by atoms with van der Waals surface area (Å²) < 4.78 is 5.11. The Morgan fingerprint density at radius 1 is 1.38 bits per heavy atom. The van der Waals surface area contributed by atoms with Crippen molar-refractivity contribution >= 4 is 51.1 Å². The summed E-state index contributed by atoms with van der Waals surface area (Å²) in [6, 6.07) is 3.87. The van der Waals surface area contributed by atoms with E-state index in [0.29, 0.717) is 34.0 Å². The van der Waals surface area contributed by atoms with E-state index in [0.717, 1.165) is 16.6 Å². The number of aryl methyl sites for hydroxylation is 1. The van der Waals surface area contributed by atoms with Gasteiger partial charge >= 0.3 is 5.63 Å². The van der Waals surface area contributed by atoms with Crippen molar-refractivity contribution in [3.63, 3.8) is 0 Å². The smallest absolute Gasteiger partial charge is 0.350 e. The van der Waals surface area contributed by atoms with E-state index in [1.54, 1.807) is 13.1 Å². The van der Waals surface area contributed by atoms with Crippen LogP contribution in [0.2, 0.25) is 5.22 Å². The van der Waals surface area contributed by atoms with Crippen molar-refractivity contribution in [1.82, 2.24) is 19.9 Å². The molecule has 0 amide bonds. The lowest BCUT2D eigenvalue weighted by molar-refractivity contribution is 0.517. The molecular formula is C17H14ClN5O2S. The highest BCUT2D eigenvalue weighted by atomic mass is 35.5. The van der Waals surface area contributed by atoms with Crippen LogP contribution in [-0.4, -0.2) is 26.2 Å². The van der Waals surface area contributed by atoms with Crippen LogP contribution in [0.3, 0.4) is 0 Å². The standard InChI is InChI=1S/C17H14ClN5O2S/c1-8-12-11(16(24)25-13(8)18)15(23-17(22-12)26-2)21-7-9-6-20-14-10(9)4-3-5-19-14/h3-6H,7H2,1-2H3,(H,19,20)(H,21,22,23). The van der Waals surface area contributed by atoms with Crippen LogP contribution in [0.15, 0.2) is 38.9 Å². The molecule has 0 saturated carbocycles. The van der Waals surface area contributed by atoms with Gasteiger partial charge in [0.1, 0.15) is 16.9 Å². The number of nitrogens with one attached hydrogen (secondary N) is 2. The first-order chi connectivity index (χ1) is 12.6. The number of thioether (sulfide) groups is 1. The van der Waals surface area contributed by atoms with E-state index in [9.17, 15) is 4.79 Å². The Kier molecular flexibility index (Phi) is 4.29. The Labute approximate surface area is 157 Å². The van der Waals surface area contributed by atoms with Crippen LogP contribution >= 0.6 is 23.4 Å². The molecular weight excluding hydrogens is 374 g/mol. The third kappa shape index (κ3) is 2.81. The number of pyridine rings is 1. The normalized spacial score (nSPS) is 11.3. The van der Waals surface area contributed by atoms with Gasteiger partial charge in [-0.3, -0.25) is 0 Å². The van der Waals surface area contributed by atoms with Gasteiger partial charge < -0.3 is 14.7 Å². The SMILES string of the molecule is CSc1nc(NCc2c[nH]c3ncccc23)c2c(=O)oc(Cl)c(C)c2n1. The van der Waals surface area contributed by atoms with Gasteiger partial charge in [-0.1, -0.05) is 11.8 Å². The van der Waals surface area contributed by atoms with E-state index >= 15 is 0 Å². The third-order valence-electron chi connectivity index (χ3n) is 4.09. The van der Waals surface area contributed by atoms with Gasteiger partial charge in [0, 0.05) is 29.9 Å². The molecule has 4 aromatic rings. The van der Waals surface area contributed by atoms with Crippen LogP contribution in [0.1, 0.15) is 11.1 Å². The molecule has 26 heavy (non-hydrogen) atoms. The molecule has 0 atom stereocenters. The average Bonchev–Trinajstić information content (AvgIpc) is 3.07. The lowest BCUT2D eigenvalue weighted by atomic mass is 10.2. The second kappa shape index (κ2) is 6.62. The van der Waals surface area contributed by atoms with Crippen LogP contribution in [0, 0.1) is 6.92 Å². The largest absolute Gasteiger partial charge is 0.410 e. The fraction of sp³-hybridized carbons (Fsp3) is 0.176. The first-order valence-electron chi connectivity index (χ1n) is 7.78. The minimum absolute atomic E-state index is 0.0434. The summed E-state index contributed by atoms with van der Waals surface area (Å²) in [5.74, 6) is 0.422. The molecule has 0 saturated heterocycles. The first kappa shape index (κ1) is 16.9. The highest BCUT2D eigenvalue weighted by molar-refractivity contribution is 7.98. The van der Waals surface area contributed by atoms with Gasteiger partial charge in [-0.05, 0) is 42.5 Å². The summed E-state index contributed by atoms with van der Waals surface area (Å²) in [5.41, 5.74) is 2.36. The highest BCUT2D eigenvalue weighted by Crippen LogP contribution is 2.27. The maximum absolute atomic E-state index is 12.4. The van der Waals surface area contributed by atoms with Crippen LogP contribution in [-0.2, 0) is 6.54 Å². The Morgan fingerprint density at radius 3 is 3.04 bits per heavy atom. The summed E-state index contributed by atoms with van der Waals surface area (Å²) >= 11 is 7.39. The van der Waals surface area contributed by atoms with Gasteiger partial charge in [0.2, 0.25) is 5.22 Å². The molecule has 4 heterocycles. The molecule has 9 heteroatoms. The number of H-pyrrole nitrogens is 1. The van der Waals surface area contributed by atoms with E-state index in [2.05, 4.69) is 25.3 Å². The predicted octanol–water partition coefficient (Wildman–Crippen LogP) is 3.76. The number of halogens is 1. The summed E-state index contributed by atoms with van der Waals surface area (Å²) in [7, 11) is 0. The zero-order chi connectivity index (χ0) is 18.3. The van der Waals surface area contributed by atoms with Crippen LogP contribution in [0.4, 0.5) is 5.82 Å². The van der Waals surface area contributed by atoms with Gasteiger partial charge in [-0.15, -0.1) is 0 Å². The molecule has 0 unspecified atom stereocenters. The lowest BCUT2D eigenvalue weighted by Crippen LogP contribution is -2.11. The maximum Gasteiger partial charge on any atom is 0.350 e. The minimum Gasteiger partial charge on any atom is -0.410 e. The molecule has 0 aliphatic carbocycles. The summed E-state index contributed by atoms with van der Waals surface area (Å²) in [6.07, 6.45) is 5.49. The number of aromatic nitrogens is 4. The molecule has 0 radical (unpaired) electrons. The topological polar surface area (TPSA) is 96.7 Å². The van der Waals surface area contributed by atoms with Gasteiger partial charge in [0.05, 0.1) is 5.52 Å². The van der Waals surface area contributed by atoms with E-state index < -0.39 is 5.63 Å². The number of nitrogens with zero attached hydrogens (tertiary/aromatic N) is 3. The van der Waals surface area contributed by atoms with Gasteiger partial charge in [-0.2, -0.15) is 0 Å². The molecule has 4 aromatic heterocycles. The Hall–Kier alpha value is -2.58. The molecule has 2 N–H and O–H groups in total. The number of hydrogen-bond donors (Lipinski definition) is 2. The Bertz CT molecular complexity index is 1190. The van der Waals surface area contributed by atoms with Crippen molar-refractivity contribution in [1.29, 1.82) is 0 Å². The van der Waals surface area contributed by atoms with E-state index in [1.807, 2.05) is 24.6 Å². The van der Waals surface area contributed by atoms with E-state index in [4.69, 9.17) is 16.0 Å². The minimum atomic E-state index is -0.564. The second-order valence-corrected chi connectivity index (χ2v) is 6.75. The van der Waals surface area contributed by atoms with Crippen molar-refractivity contribution in [2.45, 2.75) is 18.6 Å². The number of fused-ring (bicyclic) bond motifs is 2. The molecule has 132 valence electrons. The molecule has 7 nitrogen and oxygen atoms in total. The predicted molar refractivity (Wildman–Crippen MR) is 103 cm³/mol. The van der Waals surface area contributed by atoms with Gasteiger partial charge in [0.25, 0.3) is 0 Å². The van der Waals surface area contributed by atoms with Crippen LogP contribution in [0.25, 0.3) is 21.9 Å². The van der Waals surface area contributed by atoms with Crippen molar-refractivity contribution in [2.24, 2.45) is 0 Å². The molecule has 0 aromatic carbocycles. The molecule has 0 fully saturated rings. The highest BCUT2D eigenvalue weighted by Gasteiger charge is 2.17. The number of rotatable bonds is 4. The number of hydrogen-bond acceptors (Lipinski definition) is 7. The molecule has 0 spiro atoms. The Morgan fingerprint density at radius 2 is 2.23 bits per heavy atom. The number of aromatic amines is 1. The number of anilines is 1. The fourth-order valence-corrected chi connectivity index (χ4v) is 3.29. The first-order valence-corrected chi connectivity index (χ1v) is 9.38. The van der Waals surface area contributed by atoms with Gasteiger partial charge in [-0.25, -0.2) is 19.7 Å². The van der Waals surface area contributed by atoms with Crippen molar-refractivity contribution in [3.8, 4) is 0 Å². The summed E-state index contributed by atoms with van der Waals surface area (Å²) in [6.45, 7) is 2.23. The maximum atomic E-state index is 12.4. The van der Waals surface area contributed by atoms with Crippen LogP contribution < -0.4 is 10.9 Å². The zero-order valence-corrected chi connectivity index (χ0v) is 15.5. The fourth-order valence-electron chi connectivity index (χ4n) is 2.76. The van der Waals surface area contributed by atoms with Crippen molar-refractivity contribution < 1.29 is 4.42 Å². The van der Waals surface area contributed by atoms with E-state index in [1.165, 1.54) is 11.8 Å². The Balaban J connectivity index is 1.80. The average molecular weight is 388 g/mol. The quantitative estimate of drug-likeness (QED) is 0.406. The van der Waals surface area contributed by atoms with Crippen molar-refractivity contribution in [3.05, 3.63) is 51.3 Å². The molecule has 0 aliphatic heterocycles. The van der Waals surface area contributed by atoms with Gasteiger partial charge in [0.15, 0.2) is 5.16 Å². The van der Waals surface area contributed by atoms with E-state index in [-0.39, 0.29) is 5.22 Å². The molecule has 0 bridgehead atoms. The third-order valence-corrected chi connectivity index (χ3v) is 5.00. The second-order valence-electron chi connectivity index (χ2n) is 5.64. The van der Waals surface area contributed by atoms with Crippen molar-refractivity contribution in [2.75, 3.05) is 11.6 Å². The summed E-state index contributed by atoms with van der Waals surface area (Å²) in [4.78, 5) is 28.6. The summed E-state index contributed by atoms with van der Waals surface area (Å²) in [5, 5.41) is 5.12. The molecule has 0 aliphatic rings. The van der Waals surface area contributed by atoms with Crippen LogP contribution in [0.5, 0.6) is 0 Å². The molecule has 4 rings (SSSR count). The lowest BCUT2D eigenvalue weighted by Gasteiger charge is -2.10. The monoisotopic (exact) mass is 387 g/mol. The zero-order valence-electron chi connectivity index (χ0n) is 14.0.